The van der Waals surface area contributed by atoms with Gasteiger partial charge in [0.15, 0.2) is 0 Å². The van der Waals surface area contributed by atoms with Crippen LogP contribution in [0.25, 0.3) is 0 Å². The molecule has 1 aromatic rings. The van der Waals surface area contributed by atoms with E-state index in [2.05, 4.69) is 25.2 Å². The molecule has 1 atom stereocenters. The summed E-state index contributed by atoms with van der Waals surface area (Å²) in [5.41, 5.74) is 2.21. The van der Waals surface area contributed by atoms with E-state index in [-0.39, 0.29) is 0 Å². The molecule has 0 radical (unpaired) electrons. The van der Waals surface area contributed by atoms with Crippen molar-refractivity contribution in [1.29, 1.82) is 0 Å². The van der Waals surface area contributed by atoms with Crippen molar-refractivity contribution in [2.75, 3.05) is 0 Å². The predicted molar refractivity (Wildman–Crippen MR) is 57.4 cm³/mol. The number of hydrogen-bond donors (Lipinski definition) is 1. The summed E-state index contributed by atoms with van der Waals surface area (Å²) in [5.74, 6) is 0.507. The van der Waals surface area contributed by atoms with Gasteiger partial charge in [0.25, 0.3) is 0 Å². The maximum absolute atomic E-state index is 10.2. The van der Waals surface area contributed by atoms with E-state index in [4.69, 9.17) is 0 Å². The molecule has 0 bridgehead atoms. The highest BCUT2D eigenvalue weighted by molar-refractivity contribution is 5.61. The lowest BCUT2D eigenvalue weighted by Gasteiger charge is -2.11. The first-order valence-electron chi connectivity index (χ1n) is 5.17. The van der Waals surface area contributed by atoms with Crippen molar-refractivity contribution >= 4 is 6.09 Å². The third kappa shape index (κ3) is 3.62. The summed E-state index contributed by atoms with van der Waals surface area (Å²) >= 11 is 0. The molecule has 0 saturated heterocycles. The highest BCUT2D eigenvalue weighted by atomic mass is 16.4. The first-order chi connectivity index (χ1) is 7.13. The maximum Gasteiger partial charge on any atom is 0.134 e. The quantitative estimate of drug-likeness (QED) is 0.814. The second-order valence-electron chi connectivity index (χ2n) is 3.70. The maximum atomic E-state index is 10.2. The first kappa shape index (κ1) is 11.6. The zero-order valence-corrected chi connectivity index (χ0v) is 9.12. The van der Waals surface area contributed by atoms with Gasteiger partial charge in [-0.1, -0.05) is 38.1 Å². The molecule has 3 nitrogen and oxygen atoms in total. The molecule has 1 N–H and O–H groups in total. The monoisotopic (exact) mass is 206 g/mol. The SMILES string of the molecule is CCC(C)c1cccc(CNC(=O)[O-])c1. The Hall–Kier alpha value is -1.51. The highest BCUT2D eigenvalue weighted by Crippen LogP contribution is 2.19. The Morgan fingerprint density at radius 2 is 2.27 bits per heavy atom. The smallest absolute Gasteiger partial charge is 0.134 e. The zero-order valence-electron chi connectivity index (χ0n) is 9.12. The van der Waals surface area contributed by atoms with E-state index in [0.29, 0.717) is 12.5 Å². The molecule has 1 amide bonds. The molecule has 0 aromatic heterocycles. The minimum absolute atomic E-state index is 0.312. The van der Waals surface area contributed by atoms with Gasteiger partial charge < -0.3 is 15.2 Å². The molecule has 15 heavy (non-hydrogen) atoms. The molecule has 0 fully saturated rings. The number of carbonyl (C=O) groups is 1. The Morgan fingerprint density at radius 1 is 1.53 bits per heavy atom. The van der Waals surface area contributed by atoms with E-state index in [1.54, 1.807) is 0 Å². The first-order valence-corrected chi connectivity index (χ1v) is 5.17. The number of carboxylic acid groups (broad SMARTS) is 1. The molecule has 0 saturated carbocycles. The van der Waals surface area contributed by atoms with Crippen molar-refractivity contribution in [3.8, 4) is 0 Å². The molecule has 1 rings (SSSR count). The van der Waals surface area contributed by atoms with E-state index < -0.39 is 6.09 Å². The van der Waals surface area contributed by atoms with E-state index in [9.17, 15) is 9.90 Å². The summed E-state index contributed by atoms with van der Waals surface area (Å²) in [7, 11) is 0. The van der Waals surface area contributed by atoms with Crippen LogP contribution in [0.1, 0.15) is 37.3 Å². The average molecular weight is 206 g/mol. The number of rotatable bonds is 4. The predicted octanol–water partition coefficient (Wildman–Crippen LogP) is 1.63. The largest absolute Gasteiger partial charge is 0.530 e. The number of amides is 1. The molecule has 1 unspecified atom stereocenters. The van der Waals surface area contributed by atoms with Gasteiger partial charge in [-0.2, -0.15) is 0 Å². The minimum atomic E-state index is -1.23. The lowest BCUT2D eigenvalue weighted by atomic mass is 9.97. The standard InChI is InChI=1S/C12H17NO2/c1-3-9(2)11-6-4-5-10(7-11)8-13-12(14)15/h4-7,9,13H,3,8H2,1-2H3,(H,14,15)/p-1. The zero-order chi connectivity index (χ0) is 11.3. The van der Waals surface area contributed by atoms with Crippen LogP contribution in [0.2, 0.25) is 0 Å². The van der Waals surface area contributed by atoms with Gasteiger partial charge in [0, 0.05) is 6.54 Å². The summed E-state index contributed by atoms with van der Waals surface area (Å²) in [6, 6.07) is 7.95. The Balaban J connectivity index is 2.69. The van der Waals surface area contributed by atoms with Crippen molar-refractivity contribution in [3.05, 3.63) is 35.4 Å². The van der Waals surface area contributed by atoms with Crippen LogP contribution < -0.4 is 10.4 Å². The van der Waals surface area contributed by atoms with Crippen molar-refractivity contribution in [2.24, 2.45) is 0 Å². The second-order valence-corrected chi connectivity index (χ2v) is 3.70. The van der Waals surface area contributed by atoms with Gasteiger partial charge in [0.1, 0.15) is 6.09 Å². The third-order valence-electron chi connectivity index (χ3n) is 2.57. The molecule has 0 spiro atoms. The summed E-state index contributed by atoms with van der Waals surface area (Å²) in [6.45, 7) is 4.61. The van der Waals surface area contributed by atoms with Crippen LogP contribution in [0, 0.1) is 0 Å². The van der Waals surface area contributed by atoms with Gasteiger partial charge in [-0.25, -0.2) is 0 Å². The fraction of sp³-hybridized carbons (Fsp3) is 0.417. The fourth-order valence-corrected chi connectivity index (χ4v) is 1.42. The molecular weight excluding hydrogens is 190 g/mol. The third-order valence-corrected chi connectivity index (χ3v) is 2.57. The summed E-state index contributed by atoms with van der Waals surface area (Å²) in [6.07, 6.45) is -0.152. The lowest BCUT2D eigenvalue weighted by molar-refractivity contribution is -0.251. The van der Waals surface area contributed by atoms with E-state index in [1.165, 1.54) is 5.56 Å². The van der Waals surface area contributed by atoms with E-state index in [1.807, 2.05) is 18.2 Å². The Kier molecular flexibility index (Phi) is 4.16. The number of benzene rings is 1. The Morgan fingerprint density at radius 3 is 2.87 bits per heavy atom. The Bertz CT molecular complexity index is 336. The van der Waals surface area contributed by atoms with Crippen LogP contribution in [0.3, 0.4) is 0 Å². The van der Waals surface area contributed by atoms with E-state index >= 15 is 0 Å². The number of nitrogens with one attached hydrogen (secondary N) is 1. The van der Waals surface area contributed by atoms with E-state index in [0.717, 1.165) is 12.0 Å². The fourth-order valence-electron chi connectivity index (χ4n) is 1.42. The minimum Gasteiger partial charge on any atom is -0.530 e. The normalized spacial score (nSPS) is 12.1. The summed E-state index contributed by atoms with van der Waals surface area (Å²) < 4.78 is 0. The molecule has 1 aromatic carbocycles. The summed E-state index contributed by atoms with van der Waals surface area (Å²) in [5, 5.41) is 12.5. The van der Waals surface area contributed by atoms with Crippen LogP contribution in [0.5, 0.6) is 0 Å². The lowest BCUT2D eigenvalue weighted by Crippen LogP contribution is -2.35. The van der Waals surface area contributed by atoms with Crippen molar-refractivity contribution in [3.63, 3.8) is 0 Å². The van der Waals surface area contributed by atoms with Gasteiger partial charge in [-0.05, 0) is 23.5 Å². The molecule has 0 heterocycles. The van der Waals surface area contributed by atoms with Crippen molar-refractivity contribution in [1.82, 2.24) is 5.32 Å². The van der Waals surface area contributed by atoms with Gasteiger partial charge in [0.2, 0.25) is 0 Å². The molecule has 0 aliphatic carbocycles. The molecule has 3 heteroatoms. The number of hydrogen-bond acceptors (Lipinski definition) is 2. The number of carbonyl (C=O) groups excluding carboxylic acids is 1. The van der Waals surface area contributed by atoms with Gasteiger partial charge in [-0.3, -0.25) is 0 Å². The van der Waals surface area contributed by atoms with Crippen LogP contribution in [-0.4, -0.2) is 6.09 Å². The Labute approximate surface area is 90.1 Å². The molecular formula is C12H16NO2-. The van der Waals surface area contributed by atoms with Crippen molar-refractivity contribution in [2.45, 2.75) is 32.7 Å². The van der Waals surface area contributed by atoms with Gasteiger partial charge >= 0.3 is 0 Å². The van der Waals surface area contributed by atoms with Crippen LogP contribution in [0.4, 0.5) is 4.79 Å². The molecule has 0 aliphatic rings. The molecule has 0 aliphatic heterocycles. The van der Waals surface area contributed by atoms with Gasteiger partial charge in [-0.15, -0.1) is 0 Å². The van der Waals surface area contributed by atoms with Gasteiger partial charge in [0.05, 0.1) is 0 Å². The van der Waals surface area contributed by atoms with Crippen LogP contribution >= 0.6 is 0 Å². The topological polar surface area (TPSA) is 52.2 Å². The highest BCUT2D eigenvalue weighted by Gasteiger charge is 2.02. The summed E-state index contributed by atoms with van der Waals surface area (Å²) in [4.78, 5) is 10.2. The van der Waals surface area contributed by atoms with Crippen LogP contribution in [0.15, 0.2) is 24.3 Å². The molecule has 82 valence electrons. The van der Waals surface area contributed by atoms with Crippen molar-refractivity contribution < 1.29 is 9.90 Å². The second kappa shape index (κ2) is 5.39. The van der Waals surface area contributed by atoms with Crippen LogP contribution in [-0.2, 0) is 6.54 Å². The average Bonchev–Trinajstić information content (AvgIpc) is 2.25.